The van der Waals surface area contributed by atoms with Gasteiger partial charge >= 0.3 is 0 Å². The first-order valence-corrected chi connectivity index (χ1v) is 9.98. The number of piperidine rings is 1. The van der Waals surface area contributed by atoms with E-state index in [2.05, 4.69) is 10.1 Å². The highest BCUT2D eigenvalue weighted by molar-refractivity contribution is 5.76. The predicted octanol–water partition coefficient (Wildman–Crippen LogP) is 3.25. The smallest absolute Gasteiger partial charge is 0.231 e. The number of carbonyl (C=O) groups excluding carboxylic acids is 1. The molecule has 138 valence electrons. The molecule has 6 nitrogen and oxygen atoms in total. The molecule has 0 aromatic carbocycles. The van der Waals surface area contributed by atoms with Gasteiger partial charge in [-0.15, -0.1) is 0 Å². The van der Waals surface area contributed by atoms with Gasteiger partial charge in [0.1, 0.15) is 0 Å². The molecule has 0 radical (unpaired) electrons. The average Bonchev–Trinajstić information content (AvgIpc) is 3.34. The van der Waals surface area contributed by atoms with E-state index in [1.54, 1.807) is 0 Å². The lowest BCUT2D eigenvalue weighted by molar-refractivity contribution is -0.133. The van der Waals surface area contributed by atoms with Crippen LogP contribution < -0.4 is 0 Å². The lowest BCUT2D eigenvalue weighted by Crippen LogP contribution is -2.39. The summed E-state index contributed by atoms with van der Waals surface area (Å²) in [5, 5.41) is 4.22. The van der Waals surface area contributed by atoms with Gasteiger partial charge < -0.3 is 14.2 Å². The van der Waals surface area contributed by atoms with Gasteiger partial charge in [0, 0.05) is 38.6 Å². The number of carbonyl (C=O) groups is 1. The molecule has 1 saturated carbocycles. The van der Waals surface area contributed by atoms with Gasteiger partial charge in [-0.1, -0.05) is 18.0 Å². The van der Waals surface area contributed by atoms with Crippen LogP contribution in [0.1, 0.15) is 81.3 Å². The van der Waals surface area contributed by atoms with Gasteiger partial charge in [0.2, 0.25) is 11.8 Å². The minimum Gasteiger partial charge on any atom is -0.381 e. The van der Waals surface area contributed by atoms with Crippen LogP contribution in [0.4, 0.5) is 0 Å². The number of hydrogen-bond donors (Lipinski definition) is 0. The number of amides is 1. The molecule has 1 aliphatic carbocycles. The average molecular weight is 347 g/mol. The maximum absolute atomic E-state index is 12.6. The molecule has 1 amide bonds. The topological polar surface area (TPSA) is 68.5 Å². The Labute approximate surface area is 149 Å². The van der Waals surface area contributed by atoms with E-state index in [4.69, 9.17) is 9.26 Å². The van der Waals surface area contributed by atoms with Crippen LogP contribution in [-0.4, -0.2) is 47.3 Å². The van der Waals surface area contributed by atoms with E-state index in [1.807, 2.05) is 4.90 Å². The molecule has 2 saturated heterocycles. The highest BCUT2D eigenvalue weighted by Gasteiger charge is 2.31. The van der Waals surface area contributed by atoms with Crippen LogP contribution in [0.2, 0.25) is 0 Å². The number of aromatic nitrogens is 2. The summed E-state index contributed by atoms with van der Waals surface area (Å²) >= 11 is 0. The second kappa shape index (κ2) is 7.85. The fraction of sp³-hybridized carbons (Fsp3) is 0.842. The molecule has 1 aromatic rings. The summed E-state index contributed by atoms with van der Waals surface area (Å²) in [7, 11) is 0. The number of ether oxygens (including phenoxy) is 1. The maximum Gasteiger partial charge on any atom is 0.231 e. The van der Waals surface area contributed by atoms with Crippen LogP contribution in [0.5, 0.6) is 0 Å². The Morgan fingerprint density at radius 1 is 1.04 bits per heavy atom. The molecule has 1 aromatic heterocycles. The Kier molecular flexibility index (Phi) is 5.34. The van der Waals surface area contributed by atoms with E-state index >= 15 is 0 Å². The van der Waals surface area contributed by atoms with Crippen molar-refractivity contribution in [1.82, 2.24) is 15.0 Å². The largest absolute Gasteiger partial charge is 0.381 e. The molecule has 3 fully saturated rings. The third kappa shape index (κ3) is 4.05. The fourth-order valence-corrected chi connectivity index (χ4v) is 4.53. The summed E-state index contributed by atoms with van der Waals surface area (Å²) in [6, 6.07) is 0. The van der Waals surface area contributed by atoms with E-state index in [9.17, 15) is 4.79 Å². The van der Waals surface area contributed by atoms with E-state index in [1.165, 1.54) is 25.7 Å². The third-order valence-electron chi connectivity index (χ3n) is 6.11. The van der Waals surface area contributed by atoms with Crippen molar-refractivity contribution < 1.29 is 14.1 Å². The van der Waals surface area contributed by atoms with Crippen molar-refractivity contribution in [1.29, 1.82) is 0 Å². The van der Waals surface area contributed by atoms with Crippen LogP contribution in [0, 0.1) is 5.92 Å². The van der Waals surface area contributed by atoms with E-state index in [-0.39, 0.29) is 5.92 Å². The first-order valence-electron chi connectivity index (χ1n) is 9.98. The lowest BCUT2D eigenvalue weighted by Gasteiger charge is -2.31. The minimum atomic E-state index is 0.197. The number of hydrogen-bond acceptors (Lipinski definition) is 5. The normalized spacial score (nSPS) is 26.2. The molecular formula is C19H29N3O3. The van der Waals surface area contributed by atoms with Crippen LogP contribution in [0.15, 0.2) is 4.52 Å². The van der Waals surface area contributed by atoms with Crippen LogP contribution in [-0.2, 0) is 9.53 Å². The Balaban J connectivity index is 1.35. The first kappa shape index (κ1) is 17.0. The van der Waals surface area contributed by atoms with Crippen molar-refractivity contribution in [2.75, 3.05) is 26.3 Å². The number of likely N-dealkylation sites (tertiary alicyclic amines) is 1. The zero-order chi connectivity index (χ0) is 17.1. The molecule has 1 atom stereocenters. The predicted molar refractivity (Wildman–Crippen MR) is 92.2 cm³/mol. The van der Waals surface area contributed by atoms with Crippen LogP contribution >= 0.6 is 0 Å². The third-order valence-corrected chi connectivity index (χ3v) is 6.11. The van der Waals surface area contributed by atoms with Crippen molar-refractivity contribution in [2.24, 2.45) is 5.92 Å². The van der Waals surface area contributed by atoms with E-state index < -0.39 is 0 Å². The second-order valence-corrected chi connectivity index (χ2v) is 7.91. The van der Waals surface area contributed by atoms with Crippen molar-refractivity contribution in [2.45, 2.75) is 69.6 Å². The zero-order valence-corrected chi connectivity index (χ0v) is 15.0. The standard InChI is InChI=1S/C19H29N3O3/c23-17(12-14-4-1-2-5-14)22-9-3-6-16(13-22)19-20-18(21-25-19)15-7-10-24-11-8-15/h14-16H,1-13H2. The highest BCUT2D eigenvalue weighted by atomic mass is 16.5. The lowest BCUT2D eigenvalue weighted by atomic mass is 9.96. The summed E-state index contributed by atoms with van der Waals surface area (Å²) in [6.07, 6.45) is 9.74. The number of rotatable bonds is 4. The Hall–Kier alpha value is -1.43. The summed E-state index contributed by atoms with van der Waals surface area (Å²) in [4.78, 5) is 19.3. The fourth-order valence-electron chi connectivity index (χ4n) is 4.53. The van der Waals surface area contributed by atoms with Crippen molar-refractivity contribution >= 4 is 5.91 Å². The molecule has 6 heteroatoms. The van der Waals surface area contributed by atoms with Gasteiger partial charge in [0.25, 0.3) is 0 Å². The van der Waals surface area contributed by atoms with Gasteiger partial charge in [-0.25, -0.2) is 0 Å². The highest BCUT2D eigenvalue weighted by Crippen LogP contribution is 2.32. The molecule has 1 unspecified atom stereocenters. The van der Waals surface area contributed by atoms with Crippen molar-refractivity contribution in [3.8, 4) is 0 Å². The first-order chi connectivity index (χ1) is 12.3. The monoisotopic (exact) mass is 347 g/mol. The van der Waals surface area contributed by atoms with Gasteiger partial charge in [0.05, 0.1) is 5.92 Å². The molecule has 0 N–H and O–H groups in total. The van der Waals surface area contributed by atoms with Crippen molar-refractivity contribution in [3.63, 3.8) is 0 Å². The molecule has 4 rings (SSSR count). The molecule has 2 aliphatic heterocycles. The summed E-state index contributed by atoms with van der Waals surface area (Å²) in [5.74, 6) is 3.03. The van der Waals surface area contributed by atoms with Crippen molar-refractivity contribution in [3.05, 3.63) is 11.7 Å². The van der Waals surface area contributed by atoms with E-state index in [0.29, 0.717) is 17.7 Å². The quantitative estimate of drug-likeness (QED) is 0.836. The van der Waals surface area contributed by atoms with Crippen LogP contribution in [0.25, 0.3) is 0 Å². The summed E-state index contributed by atoms with van der Waals surface area (Å²) in [5.41, 5.74) is 0. The van der Waals surface area contributed by atoms with E-state index in [0.717, 1.165) is 70.1 Å². The Morgan fingerprint density at radius 2 is 1.84 bits per heavy atom. The summed E-state index contributed by atoms with van der Waals surface area (Å²) in [6.45, 7) is 3.17. The molecule has 0 spiro atoms. The Morgan fingerprint density at radius 3 is 2.64 bits per heavy atom. The molecule has 0 bridgehead atoms. The molecule has 3 heterocycles. The Bertz CT molecular complexity index is 576. The maximum atomic E-state index is 12.6. The zero-order valence-electron chi connectivity index (χ0n) is 15.0. The minimum absolute atomic E-state index is 0.197. The van der Waals surface area contributed by atoms with Gasteiger partial charge in [-0.05, 0) is 44.4 Å². The van der Waals surface area contributed by atoms with Gasteiger partial charge in [-0.3, -0.25) is 4.79 Å². The van der Waals surface area contributed by atoms with Gasteiger partial charge in [-0.2, -0.15) is 4.98 Å². The molecule has 3 aliphatic rings. The van der Waals surface area contributed by atoms with Gasteiger partial charge in [0.15, 0.2) is 5.82 Å². The SMILES string of the molecule is O=C(CC1CCCC1)N1CCCC(c2nc(C3CCOCC3)no2)C1. The number of nitrogens with zero attached hydrogens (tertiary/aromatic N) is 3. The van der Waals surface area contributed by atoms with Crippen LogP contribution in [0.3, 0.4) is 0 Å². The second-order valence-electron chi connectivity index (χ2n) is 7.91. The summed E-state index contributed by atoms with van der Waals surface area (Å²) < 4.78 is 11.0. The molecular weight excluding hydrogens is 318 g/mol. The molecule has 25 heavy (non-hydrogen) atoms.